The first kappa shape index (κ1) is 16.8. The van der Waals surface area contributed by atoms with Crippen LogP contribution in [-0.2, 0) is 10.0 Å². The molecular weight excluding hydrogens is 344 g/mol. The van der Waals surface area contributed by atoms with Crippen LogP contribution in [0.3, 0.4) is 0 Å². The molecule has 0 radical (unpaired) electrons. The summed E-state index contributed by atoms with van der Waals surface area (Å²) in [6.45, 7) is 0.760. The van der Waals surface area contributed by atoms with Crippen LogP contribution in [0.25, 0.3) is 0 Å². The van der Waals surface area contributed by atoms with E-state index >= 15 is 0 Å². The van der Waals surface area contributed by atoms with Crippen LogP contribution in [-0.4, -0.2) is 25.8 Å². The van der Waals surface area contributed by atoms with E-state index in [1.165, 1.54) is 4.31 Å². The fraction of sp³-hybridized carbons (Fsp3) is 0.190. The Balaban J connectivity index is 1.67. The minimum Gasteiger partial charge on any atom is -0.207 e. The minimum atomic E-state index is -3.52. The zero-order valence-corrected chi connectivity index (χ0v) is 14.9. The van der Waals surface area contributed by atoms with E-state index in [1.54, 1.807) is 30.3 Å². The van der Waals surface area contributed by atoms with Crippen LogP contribution >= 0.6 is 0 Å². The van der Waals surface area contributed by atoms with E-state index < -0.39 is 10.0 Å². The number of allylic oxidation sites excluding steroid dienone is 2. The summed E-state index contributed by atoms with van der Waals surface area (Å²) in [5, 5.41) is 9.57. The SMILES string of the molecule is N#CC1=C[C@@H]2CN(S(=O)(=O)c3ccccc3)CC2=C[C@H]1c1ccccc1. The molecule has 0 unspecified atom stereocenters. The molecule has 0 saturated carbocycles. The third-order valence-corrected chi connectivity index (χ3v) is 6.83. The van der Waals surface area contributed by atoms with Gasteiger partial charge in [-0.3, -0.25) is 0 Å². The molecule has 1 aliphatic carbocycles. The molecule has 0 N–H and O–H groups in total. The van der Waals surface area contributed by atoms with Crippen molar-refractivity contribution in [2.45, 2.75) is 10.8 Å². The van der Waals surface area contributed by atoms with Gasteiger partial charge in [-0.25, -0.2) is 8.42 Å². The monoisotopic (exact) mass is 362 g/mol. The van der Waals surface area contributed by atoms with Crippen LogP contribution < -0.4 is 0 Å². The lowest BCUT2D eigenvalue weighted by Gasteiger charge is -2.21. The van der Waals surface area contributed by atoms with E-state index in [4.69, 9.17) is 0 Å². The molecule has 4 nitrogen and oxygen atoms in total. The molecular formula is C21H18N2O2S. The Labute approximate surface area is 153 Å². The van der Waals surface area contributed by atoms with Gasteiger partial charge in [-0.1, -0.05) is 60.7 Å². The predicted molar refractivity (Wildman–Crippen MR) is 99.7 cm³/mol. The highest BCUT2D eigenvalue weighted by Crippen LogP contribution is 2.39. The number of sulfonamides is 1. The fourth-order valence-corrected chi connectivity index (χ4v) is 5.13. The Kier molecular flexibility index (Phi) is 4.23. The maximum absolute atomic E-state index is 12.9. The lowest BCUT2D eigenvalue weighted by atomic mass is 9.81. The van der Waals surface area contributed by atoms with E-state index in [2.05, 4.69) is 12.1 Å². The van der Waals surface area contributed by atoms with Gasteiger partial charge >= 0.3 is 0 Å². The average molecular weight is 362 g/mol. The van der Waals surface area contributed by atoms with Crippen LogP contribution in [0.5, 0.6) is 0 Å². The summed E-state index contributed by atoms with van der Waals surface area (Å²) in [7, 11) is -3.52. The molecule has 5 heteroatoms. The number of nitriles is 1. The van der Waals surface area contributed by atoms with Gasteiger partial charge in [0.15, 0.2) is 0 Å². The van der Waals surface area contributed by atoms with Gasteiger partial charge in [0.05, 0.1) is 11.0 Å². The summed E-state index contributed by atoms with van der Waals surface area (Å²) < 4.78 is 27.3. The lowest BCUT2D eigenvalue weighted by molar-refractivity contribution is 0.471. The zero-order chi connectivity index (χ0) is 18.1. The highest BCUT2D eigenvalue weighted by molar-refractivity contribution is 7.89. The maximum Gasteiger partial charge on any atom is 0.243 e. The van der Waals surface area contributed by atoms with Crippen LogP contribution in [0.15, 0.2) is 88.9 Å². The molecule has 130 valence electrons. The van der Waals surface area contributed by atoms with E-state index in [0.717, 1.165) is 11.1 Å². The summed E-state index contributed by atoms with van der Waals surface area (Å²) in [6, 6.07) is 20.7. The van der Waals surface area contributed by atoms with E-state index in [-0.39, 0.29) is 11.8 Å². The molecule has 2 atom stereocenters. The van der Waals surface area contributed by atoms with Gasteiger partial charge in [-0.05, 0) is 23.3 Å². The van der Waals surface area contributed by atoms with Crippen LogP contribution in [0.4, 0.5) is 0 Å². The number of rotatable bonds is 3. The van der Waals surface area contributed by atoms with Gasteiger partial charge in [-0.15, -0.1) is 0 Å². The van der Waals surface area contributed by atoms with Crippen LogP contribution in [0.1, 0.15) is 11.5 Å². The summed E-state index contributed by atoms with van der Waals surface area (Å²) in [5.74, 6) is -0.130. The molecule has 0 amide bonds. The number of nitrogens with zero attached hydrogens (tertiary/aromatic N) is 2. The smallest absolute Gasteiger partial charge is 0.207 e. The molecule has 4 rings (SSSR count). The molecule has 0 bridgehead atoms. The molecule has 1 saturated heterocycles. The normalized spacial score (nSPS) is 22.9. The van der Waals surface area contributed by atoms with Crippen molar-refractivity contribution in [3.63, 3.8) is 0 Å². The zero-order valence-electron chi connectivity index (χ0n) is 14.1. The Morgan fingerprint density at radius 1 is 0.962 bits per heavy atom. The topological polar surface area (TPSA) is 61.2 Å². The van der Waals surface area contributed by atoms with Gasteiger partial charge in [0.2, 0.25) is 10.0 Å². The molecule has 26 heavy (non-hydrogen) atoms. The number of hydrogen-bond donors (Lipinski definition) is 0. The van der Waals surface area contributed by atoms with Crippen molar-refractivity contribution >= 4 is 10.0 Å². The van der Waals surface area contributed by atoms with Crippen molar-refractivity contribution in [1.29, 1.82) is 5.26 Å². The molecule has 2 aromatic carbocycles. The molecule has 2 aliphatic rings. The van der Waals surface area contributed by atoms with Crippen LogP contribution in [0.2, 0.25) is 0 Å². The minimum absolute atomic E-state index is 0.0249. The van der Waals surface area contributed by atoms with Gasteiger partial charge in [-0.2, -0.15) is 9.57 Å². The van der Waals surface area contributed by atoms with Crippen molar-refractivity contribution in [3.8, 4) is 6.07 Å². The van der Waals surface area contributed by atoms with Gasteiger partial charge in [0.1, 0.15) is 0 Å². The first-order valence-corrected chi connectivity index (χ1v) is 9.96. The fourth-order valence-electron chi connectivity index (χ4n) is 3.65. The standard InChI is InChI=1S/C21H18N2O2S/c22-13-17-11-18-14-23(26(24,25)20-9-5-2-6-10-20)15-19(18)12-21(17)16-7-3-1-4-8-16/h1-12,18,21H,14-15H2/t18-,21+/m1/s1. The van der Waals surface area contributed by atoms with Crippen molar-refractivity contribution in [1.82, 2.24) is 4.31 Å². The third kappa shape index (κ3) is 2.88. The highest BCUT2D eigenvalue weighted by atomic mass is 32.2. The van der Waals surface area contributed by atoms with Gasteiger partial charge in [0, 0.05) is 30.5 Å². The number of fused-ring (bicyclic) bond motifs is 1. The lowest BCUT2D eigenvalue weighted by Crippen LogP contribution is -2.28. The largest absolute Gasteiger partial charge is 0.243 e. The average Bonchev–Trinajstić information content (AvgIpc) is 3.12. The summed E-state index contributed by atoms with van der Waals surface area (Å²) >= 11 is 0. The van der Waals surface area contributed by atoms with Crippen LogP contribution in [0, 0.1) is 17.2 Å². The molecule has 1 aliphatic heterocycles. The molecule has 2 aromatic rings. The quantitative estimate of drug-likeness (QED) is 0.786. The van der Waals surface area contributed by atoms with Crippen molar-refractivity contribution in [2.24, 2.45) is 5.92 Å². The van der Waals surface area contributed by atoms with Crippen molar-refractivity contribution in [2.75, 3.05) is 13.1 Å². The van der Waals surface area contributed by atoms with E-state index in [0.29, 0.717) is 23.6 Å². The Morgan fingerprint density at radius 2 is 1.62 bits per heavy atom. The summed E-state index contributed by atoms with van der Waals surface area (Å²) in [4.78, 5) is 0.309. The Morgan fingerprint density at radius 3 is 2.27 bits per heavy atom. The second kappa shape index (κ2) is 6.56. The van der Waals surface area contributed by atoms with Crippen molar-refractivity contribution in [3.05, 3.63) is 89.5 Å². The van der Waals surface area contributed by atoms with E-state index in [1.807, 2.05) is 36.4 Å². The third-order valence-electron chi connectivity index (χ3n) is 5.00. The summed E-state index contributed by atoms with van der Waals surface area (Å²) in [5.41, 5.74) is 2.80. The molecule has 0 spiro atoms. The highest BCUT2D eigenvalue weighted by Gasteiger charge is 2.37. The molecule has 1 fully saturated rings. The van der Waals surface area contributed by atoms with Crippen molar-refractivity contribution < 1.29 is 8.42 Å². The maximum atomic E-state index is 12.9. The van der Waals surface area contributed by atoms with Gasteiger partial charge < -0.3 is 0 Å². The Hall–Kier alpha value is -2.68. The summed E-state index contributed by atoms with van der Waals surface area (Å²) in [6.07, 6.45) is 4.01. The second-order valence-electron chi connectivity index (χ2n) is 6.58. The number of hydrogen-bond acceptors (Lipinski definition) is 3. The Bertz CT molecular complexity index is 1020. The second-order valence-corrected chi connectivity index (χ2v) is 8.52. The first-order valence-electron chi connectivity index (χ1n) is 8.52. The molecule has 1 heterocycles. The van der Waals surface area contributed by atoms with E-state index in [9.17, 15) is 13.7 Å². The first-order chi connectivity index (χ1) is 12.6. The predicted octanol–water partition coefficient (Wildman–Crippen LogP) is 3.48. The number of benzene rings is 2. The van der Waals surface area contributed by atoms with Gasteiger partial charge in [0.25, 0.3) is 0 Å². The molecule has 0 aromatic heterocycles.